The van der Waals surface area contributed by atoms with Gasteiger partial charge in [-0.15, -0.1) is 0 Å². The SMILES string of the molecule is [B]NCCC1CCCC[C@]2(CCCCC(c3ccnc(C=C)c3/C=C\C)CCC2)CCC1. The monoisotopic (exact) mass is 432 g/mol. The van der Waals surface area contributed by atoms with Crippen molar-refractivity contribution in [2.75, 3.05) is 6.54 Å². The molecule has 1 heterocycles. The topological polar surface area (TPSA) is 24.9 Å². The molecule has 2 fully saturated rings. The van der Waals surface area contributed by atoms with Crippen LogP contribution in [0.3, 0.4) is 0 Å². The minimum Gasteiger partial charge on any atom is -0.366 e. The normalized spacial score (nSPS) is 28.3. The lowest BCUT2D eigenvalue weighted by molar-refractivity contribution is 0.180. The minimum atomic E-state index is 0.604. The first-order valence-corrected chi connectivity index (χ1v) is 13.4. The zero-order valence-corrected chi connectivity index (χ0v) is 20.6. The van der Waals surface area contributed by atoms with Gasteiger partial charge in [0.1, 0.15) is 0 Å². The Hall–Kier alpha value is -1.35. The molecule has 2 saturated carbocycles. The second-order valence-electron chi connectivity index (χ2n) is 10.5. The van der Waals surface area contributed by atoms with Gasteiger partial charge in [0.25, 0.3) is 0 Å². The van der Waals surface area contributed by atoms with Crippen LogP contribution in [0.1, 0.15) is 126 Å². The van der Waals surface area contributed by atoms with E-state index in [2.05, 4.69) is 41.9 Å². The van der Waals surface area contributed by atoms with Crippen LogP contribution in [0.4, 0.5) is 0 Å². The lowest BCUT2D eigenvalue weighted by atomic mass is 9.71. The number of hydrogen-bond acceptors (Lipinski definition) is 2. The van der Waals surface area contributed by atoms with Crippen molar-refractivity contribution in [2.24, 2.45) is 11.3 Å². The van der Waals surface area contributed by atoms with Crippen LogP contribution >= 0.6 is 0 Å². The molecule has 0 aliphatic heterocycles. The summed E-state index contributed by atoms with van der Waals surface area (Å²) in [5.74, 6) is 1.53. The maximum absolute atomic E-state index is 5.54. The zero-order valence-electron chi connectivity index (χ0n) is 20.6. The maximum atomic E-state index is 5.54. The molecule has 174 valence electrons. The van der Waals surface area contributed by atoms with E-state index in [0.29, 0.717) is 11.3 Å². The van der Waals surface area contributed by atoms with Crippen LogP contribution in [0.2, 0.25) is 0 Å². The number of rotatable bonds is 6. The average Bonchev–Trinajstić information content (AvgIpc) is 2.97. The molecule has 32 heavy (non-hydrogen) atoms. The van der Waals surface area contributed by atoms with Gasteiger partial charge in [0, 0.05) is 11.8 Å². The zero-order chi connectivity index (χ0) is 22.7. The minimum absolute atomic E-state index is 0.604. The van der Waals surface area contributed by atoms with Gasteiger partial charge in [0.15, 0.2) is 7.98 Å². The smallest absolute Gasteiger partial charge is 0.177 e. The fourth-order valence-electron chi connectivity index (χ4n) is 6.61. The lowest BCUT2D eigenvalue weighted by Crippen LogP contribution is -2.21. The first-order valence-electron chi connectivity index (χ1n) is 13.4. The number of pyridine rings is 1. The van der Waals surface area contributed by atoms with Gasteiger partial charge < -0.3 is 5.23 Å². The fourth-order valence-corrected chi connectivity index (χ4v) is 6.61. The van der Waals surface area contributed by atoms with Crippen molar-refractivity contribution < 1.29 is 0 Å². The standard InChI is InChI=1S/C29H45BN2/c1-3-11-27-26(17-22-31-28(27)4-2)25-14-6-8-19-29(21-10-15-25)18-7-5-12-24(13-9-20-29)16-23-32-30/h3-4,11,17,22,24-25,32H,2,5-10,12-16,18-21,23H2,1H3/b11-3-/t24?,25?,29-/m0/s1. The van der Waals surface area contributed by atoms with E-state index in [-0.39, 0.29) is 0 Å². The first-order chi connectivity index (χ1) is 15.7. The number of allylic oxidation sites excluding steroid dienone is 1. The van der Waals surface area contributed by atoms with Crippen molar-refractivity contribution in [2.45, 2.75) is 109 Å². The molecule has 1 N–H and O–H groups in total. The fraction of sp³-hybridized carbons (Fsp3) is 0.690. The van der Waals surface area contributed by atoms with E-state index in [1.165, 1.54) is 107 Å². The summed E-state index contributed by atoms with van der Waals surface area (Å²) in [7, 11) is 5.54. The second kappa shape index (κ2) is 13.4. The highest BCUT2D eigenvalue weighted by atomic mass is 14.7. The largest absolute Gasteiger partial charge is 0.366 e. The van der Waals surface area contributed by atoms with Crippen LogP contribution < -0.4 is 5.23 Å². The molecule has 1 aromatic rings. The number of hydrogen-bond donors (Lipinski definition) is 1. The Morgan fingerprint density at radius 2 is 1.69 bits per heavy atom. The molecule has 0 saturated heterocycles. The summed E-state index contributed by atoms with van der Waals surface area (Å²) in [6, 6.07) is 2.27. The molecule has 0 amide bonds. The average molecular weight is 433 g/mol. The van der Waals surface area contributed by atoms with Crippen LogP contribution in [-0.2, 0) is 0 Å². The van der Waals surface area contributed by atoms with Gasteiger partial charge in [0.05, 0.1) is 5.69 Å². The van der Waals surface area contributed by atoms with Crippen molar-refractivity contribution in [3.63, 3.8) is 0 Å². The van der Waals surface area contributed by atoms with Crippen LogP contribution in [0.5, 0.6) is 0 Å². The molecular weight excluding hydrogens is 387 g/mol. The number of aromatic nitrogens is 1. The quantitative estimate of drug-likeness (QED) is 0.461. The van der Waals surface area contributed by atoms with E-state index in [9.17, 15) is 0 Å². The Balaban J connectivity index is 1.67. The van der Waals surface area contributed by atoms with Crippen LogP contribution in [-0.4, -0.2) is 19.5 Å². The summed E-state index contributed by atoms with van der Waals surface area (Å²) in [6.07, 6.45) is 29.1. The van der Waals surface area contributed by atoms with Gasteiger partial charge in [-0.05, 0) is 93.4 Å². The summed E-state index contributed by atoms with van der Waals surface area (Å²) >= 11 is 0. The second-order valence-corrected chi connectivity index (χ2v) is 10.5. The van der Waals surface area contributed by atoms with E-state index in [1.54, 1.807) is 0 Å². The van der Waals surface area contributed by atoms with E-state index in [4.69, 9.17) is 7.98 Å². The summed E-state index contributed by atoms with van der Waals surface area (Å²) in [6.45, 7) is 7.07. The van der Waals surface area contributed by atoms with Crippen LogP contribution in [0.15, 0.2) is 24.9 Å². The summed E-state index contributed by atoms with van der Waals surface area (Å²) in [5.41, 5.74) is 4.43. The molecule has 2 unspecified atom stereocenters. The predicted octanol–water partition coefficient (Wildman–Crippen LogP) is 8.00. The van der Waals surface area contributed by atoms with Crippen molar-refractivity contribution in [1.82, 2.24) is 10.2 Å². The van der Waals surface area contributed by atoms with Crippen molar-refractivity contribution in [3.8, 4) is 0 Å². The van der Waals surface area contributed by atoms with Gasteiger partial charge in [-0.3, -0.25) is 4.98 Å². The summed E-state index contributed by atoms with van der Waals surface area (Å²) in [4.78, 5) is 4.57. The molecule has 0 bridgehead atoms. The van der Waals surface area contributed by atoms with E-state index >= 15 is 0 Å². The molecule has 1 spiro atoms. The third kappa shape index (κ3) is 7.08. The van der Waals surface area contributed by atoms with Gasteiger partial charge in [-0.2, -0.15) is 0 Å². The molecule has 0 aromatic carbocycles. The van der Waals surface area contributed by atoms with E-state index in [1.807, 2.05) is 12.3 Å². The third-order valence-corrected chi connectivity index (χ3v) is 8.38. The van der Waals surface area contributed by atoms with E-state index < -0.39 is 0 Å². The molecule has 2 nitrogen and oxygen atoms in total. The predicted molar refractivity (Wildman–Crippen MR) is 141 cm³/mol. The molecule has 3 atom stereocenters. The third-order valence-electron chi connectivity index (χ3n) is 8.38. The summed E-state index contributed by atoms with van der Waals surface area (Å²) < 4.78 is 0. The van der Waals surface area contributed by atoms with Gasteiger partial charge in [0.2, 0.25) is 0 Å². The number of nitrogens with zero attached hydrogens (tertiary/aromatic N) is 1. The molecule has 3 heteroatoms. The Bertz CT molecular complexity index is 728. The van der Waals surface area contributed by atoms with Gasteiger partial charge in [-0.25, -0.2) is 0 Å². The first kappa shape index (κ1) is 25.3. The summed E-state index contributed by atoms with van der Waals surface area (Å²) in [5, 5.41) is 2.87. The highest BCUT2D eigenvalue weighted by molar-refractivity contribution is 6.04. The molecule has 3 rings (SSSR count). The Kier molecular flexibility index (Phi) is 10.6. The molecule has 2 aliphatic rings. The van der Waals surface area contributed by atoms with Crippen LogP contribution in [0.25, 0.3) is 12.2 Å². The molecule has 1 aromatic heterocycles. The number of nitrogens with one attached hydrogen (secondary N) is 1. The Morgan fingerprint density at radius 3 is 2.41 bits per heavy atom. The Labute approximate surface area is 199 Å². The maximum Gasteiger partial charge on any atom is 0.177 e. The van der Waals surface area contributed by atoms with E-state index in [0.717, 1.165) is 18.2 Å². The van der Waals surface area contributed by atoms with Gasteiger partial charge in [-0.1, -0.05) is 70.1 Å². The highest BCUT2D eigenvalue weighted by Gasteiger charge is 2.31. The van der Waals surface area contributed by atoms with Crippen molar-refractivity contribution >= 4 is 20.1 Å². The Morgan fingerprint density at radius 1 is 1.03 bits per heavy atom. The van der Waals surface area contributed by atoms with Crippen molar-refractivity contribution in [3.05, 3.63) is 41.7 Å². The molecule has 2 aliphatic carbocycles. The van der Waals surface area contributed by atoms with Crippen LogP contribution in [0, 0.1) is 11.3 Å². The van der Waals surface area contributed by atoms with Gasteiger partial charge >= 0.3 is 0 Å². The molecule has 2 radical (unpaired) electrons. The lowest BCUT2D eigenvalue weighted by Gasteiger charge is -2.34. The van der Waals surface area contributed by atoms with Crippen molar-refractivity contribution in [1.29, 1.82) is 0 Å². The molecular formula is C29H45BN2. The highest BCUT2D eigenvalue weighted by Crippen LogP contribution is 2.46.